The lowest BCUT2D eigenvalue weighted by Crippen LogP contribution is -2.45. The number of halogens is 1. The molecule has 114 valence electrons. The minimum atomic E-state index is -0.280. The van der Waals surface area contributed by atoms with E-state index in [0.29, 0.717) is 10.8 Å². The Labute approximate surface area is 135 Å². The van der Waals surface area contributed by atoms with Gasteiger partial charge in [0.15, 0.2) is 5.11 Å². The fourth-order valence-electron chi connectivity index (χ4n) is 3.08. The number of benzene rings is 1. The molecule has 1 aromatic carbocycles. The van der Waals surface area contributed by atoms with E-state index in [1.807, 2.05) is 12.1 Å². The number of nitrogens with one attached hydrogen (secondary N) is 2. The Morgan fingerprint density at radius 3 is 2.55 bits per heavy atom. The Bertz CT molecular complexity index is 654. The fourth-order valence-corrected chi connectivity index (χ4v) is 3.39. The lowest BCUT2D eigenvalue weighted by molar-refractivity contribution is 0.408. The Morgan fingerprint density at radius 1 is 1.14 bits per heavy atom. The Balaban J connectivity index is 1.76. The van der Waals surface area contributed by atoms with Gasteiger partial charge in [-0.2, -0.15) is 0 Å². The summed E-state index contributed by atoms with van der Waals surface area (Å²) in [5.74, 6) is -0.280. The molecule has 0 amide bonds. The number of rotatable bonds is 3. The molecule has 2 aromatic rings. The highest BCUT2D eigenvalue weighted by Gasteiger charge is 2.36. The van der Waals surface area contributed by atoms with Gasteiger partial charge in [-0.1, -0.05) is 18.9 Å². The van der Waals surface area contributed by atoms with Crippen molar-refractivity contribution in [2.24, 2.45) is 0 Å². The first kappa shape index (κ1) is 14.9. The average Bonchev–Trinajstić information content (AvgIpc) is 2.98. The summed E-state index contributed by atoms with van der Waals surface area (Å²) in [6, 6.07) is 10.4. The number of anilines is 1. The molecule has 22 heavy (non-hydrogen) atoms. The minimum Gasteiger partial charge on any atom is -0.353 e. The van der Waals surface area contributed by atoms with Crippen LogP contribution in [0.2, 0.25) is 0 Å². The van der Waals surface area contributed by atoms with E-state index in [1.54, 1.807) is 24.5 Å². The molecular weight excluding hydrogens is 297 g/mol. The van der Waals surface area contributed by atoms with Crippen molar-refractivity contribution in [2.75, 3.05) is 5.32 Å². The molecule has 0 bridgehead atoms. The van der Waals surface area contributed by atoms with Crippen molar-refractivity contribution in [2.45, 2.75) is 31.2 Å². The second-order valence-electron chi connectivity index (χ2n) is 5.61. The molecule has 0 aliphatic heterocycles. The van der Waals surface area contributed by atoms with Gasteiger partial charge in [-0.25, -0.2) is 4.39 Å². The summed E-state index contributed by atoms with van der Waals surface area (Å²) >= 11 is 5.43. The van der Waals surface area contributed by atoms with Crippen LogP contribution in [0.4, 0.5) is 10.1 Å². The summed E-state index contributed by atoms with van der Waals surface area (Å²) in [4.78, 5) is 4.09. The number of thiocarbonyl (C=S) groups is 1. The standard InChI is InChI=1S/C17H18FN3S/c18-14-4-3-5-15(12-14)20-16(22)21-17(8-1-2-9-17)13-6-10-19-11-7-13/h3-7,10-12H,1-2,8-9H2,(H2,20,21,22). The predicted octanol–water partition coefficient (Wildman–Crippen LogP) is 3.98. The Morgan fingerprint density at radius 2 is 1.86 bits per heavy atom. The topological polar surface area (TPSA) is 37.0 Å². The molecule has 5 heteroatoms. The van der Waals surface area contributed by atoms with Crippen LogP contribution in [-0.4, -0.2) is 10.1 Å². The van der Waals surface area contributed by atoms with Crippen LogP contribution in [0.5, 0.6) is 0 Å². The third kappa shape index (κ3) is 3.25. The number of pyridine rings is 1. The maximum atomic E-state index is 13.3. The Kier molecular flexibility index (Phi) is 4.34. The van der Waals surface area contributed by atoms with E-state index >= 15 is 0 Å². The molecule has 3 rings (SSSR count). The zero-order valence-electron chi connectivity index (χ0n) is 12.2. The van der Waals surface area contributed by atoms with Crippen molar-refractivity contribution in [3.05, 3.63) is 60.2 Å². The fraction of sp³-hybridized carbons (Fsp3) is 0.294. The monoisotopic (exact) mass is 315 g/mol. The van der Waals surface area contributed by atoms with Gasteiger partial charge in [-0.15, -0.1) is 0 Å². The van der Waals surface area contributed by atoms with Gasteiger partial charge < -0.3 is 10.6 Å². The molecule has 0 atom stereocenters. The maximum absolute atomic E-state index is 13.3. The van der Waals surface area contributed by atoms with Crippen LogP contribution in [0.25, 0.3) is 0 Å². The molecule has 1 aliphatic rings. The first-order valence-electron chi connectivity index (χ1n) is 7.43. The number of nitrogens with zero attached hydrogens (tertiary/aromatic N) is 1. The van der Waals surface area contributed by atoms with E-state index in [2.05, 4.69) is 15.6 Å². The summed E-state index contributed by atoms with van der Waals surface area (Å²) in [6.45, 7) is 0. The van der Waals surface area contributed by atoms with Gasteiger partial charge in [0, 0.05) is 18.1 Å². The minimum absolute atomic E-state index is 0.152. The molecule has 0 radical (unpaired) electrons. The number of hydrogen-bond donors (Lipinski definition) is 2. The molecular formula is C17H18FN3S. The second-order valence-corrected chi connectivity index (χ2v) is 6.02. The molecule has 1 heterocycles. The highest BCUT2D eigenvalue weighted by atomic mass is 32.1. The van der Waals surface area contributed by atoms with E-state index < -0.39 is 0 Å². The van der Waals surface area contributed by atoms with Gasteiger partial charge in [-0.3, -0.25) is 4.98 Å². The summed E-state index contributed by atoms with van der Waals surface area (Å²) in [5, 5.41) is 7.03. The third-order valence-electron chi connectivity index (χ3n) is 4.13. The van der Waals surface area contributed by atoms with Crippen molar-refractivity contribution >= 4 is 23.0 Å². The van der Waals surface area contributed by atoms with Crippen LogP contribution in [0.15, 0.2) is 48.8 Å². The summed E-state index contributed by atoms with van der Waals surface area (Å²) in [6.07, 6.45) is 8.00. The van der Waals surface area contributed by atoms with Gasteiger partial charge in [0.25, 0.3) is 0 Å². The Hall–Kier alpha value is -2.01. The summed E-state index contributed by atoms with van der Waals surface area (Å²) < 4.78 is 13.3. The van der Waals surface area contributed by atoms with Crippen LogP contribution < -0.4 is 10.6 Å². The summed E-state index contributed by atoms with van der Waals surface area (Å²) in [5.41, 5.74) is 1.70. The zero-order chi connectivity index (χ0) is 15.4. The lowest BCUT2D eigenvalue weighted by Gasteiger charge is -2.32. The van der Waals surface area contributed by atoms with Gasteiger partial charge in [0.05, 0.1) is 5.54 Å². The lowest BCUT2D eigenvalue weighted by atomic mass is 9.89. The van der Waals surface area contributed by atoms with Gasteiger partial charge in [0.1, 0.15) is 5.82 Å². The molecule has 3 nitrogen and oxygen atoms in total. The third-order valence-corrected chi connectivity index (χ3v) is 4.33. The highest BCUT2D eigenvalue weighted by molar-refractivity contribution is 7.80. The molecule has 0 spiro atoms. The van der Waals surface area contributed by atoms with Crippen molar-refractivity contribution in [1.29, 1.82) is 0 Å². The molecule has 0 saturated heterocycles. The maximum Gasteiger partial charge on any atom is 0.171 e. The summed E-state index contributed by atoms with van der Waals surface area (Å²) in [7, 11) is 0. The van der Waals surface area contributed by atoms with Crippen LogP contribution in [0, 0.1) is 5.82 Å². The molecule has 0 unspecified atom stereocenters. The molecule has 1 saturated carbocycles. The molecule has 1 aromatic heterocycles. The van der Waals surface area contributed by atoms with E-state index in [0.717, 1.165) is 25.7 Å². The van der Waals surface area contributed by atoms with Crippen molar-refractivity contribution in [3.63, 3.8) is 0 Å². The van der Waals surface area contributed by atoms with Crippen LogP contribution in [0.3, 0.4) is 0 Å². The van der Waals surface area contributed by atoms with Crippen LogP contribution in [0.1, 0.15) is 31.2 Å². The molecule has 1 aliphatic carbocycles. The van der Waals surface area contributed by atoms with E-state index in [4.69, 9.17) is 12.2 Å². The van der Waals surface area contributed by atoms with Gasteiger partial charge in [0.2, 0.25) is 0 Å². The predicted molar refractivity (Wildman–Crippen MR) is 90.1 cm³/mol. The first-order chi connectivity index (χ1) is 10.7. The number of aromatic nitrogens is 1. The number of hydrogen-bond acceptors (Lipinski definition) is 2. The zero-order valence-corrected chi connectivity index (χ0v) is 13.0. The highest BCUT2D eigenvalue weighted by Crippen LogP contribution is 2.38. The van der Waals surface area contributed by atoms with E-state index in [9.17, 15) is 4.39 Å². The molecule has 2 N–H and O–H groups in total. The average molecular weight is 315 g/mol. The molecule has 1 fully saturated rings. The van der Waals surface area contributed by atoms with Crippen LogP contribution in [-0.2, 0) is 5.54 Å². The smallest absolute Gasteiger partial charge is 0.171 e. The normalized spacial score (nSPS) is 16.2. The first-order valence-corrected chi connectivity index (χ1v) is 7.84. The quantitative estimate of drug-likeness (QED) is 0.840. The van der Waals surface area contributed by atoms with Crippen molar-refractivity contribution in [1.82, 2.24) is 10.3 Å². The largest absolute Gasteiger partial charge is 0.353 e. The van der Waals surface area contributed by atoms with Gasteiger partial charge >= 0.3 is 0 Å². The van der Waals surface area contributed by atoms with E-state index in [-0.39, 0.29) is 11.4 Å². The van der Waals surface area contributed by atoms with E-state index in [1.165, 1.54) is 17.7 Å². The van der Waals surface area contributed by atoms with Crippen LogP contribution >= 0.6 is 12.2 Å². The van der Waals surface area contributed by atoms with Crippen molar-refractivity contribution in [3.8, 4) is 0 Å². The van der Waals surface area contributed by atoms with Gasteiger partial charge in [-0.05, 0) is 61.0 Å². The van der Waals surface area contributed by atoms with Crippen molar-refractivity contribution < 1.29 is 4.39 Å². The SMILES string of the molecule is Fc1cccc(NC(=S)NC2(c3ccncc3)CCCC2)c1. The second kappa shape index (κ2) is 6.40.